The van der Waals surface area contributed by atoms with E-state index in [-0.39, 0.29) is 5.91 Å². The molecule has 5 nitrogen and oxygen atoms in total. The summed E-state index contributed by atoms with van der Waals surface area (Å²) >= 11 is 13.2. The maximum Gasteiger partial charge on any atom is 0.247 e. The molecule has 1 amide bonds. The van der Waals surface area contributed by atoms with Crippen molar-refractivity contribution in [3.8, 4) is 11.5 Å². The molecule has 1 aromatic heterocycles. The Morgan fingerprint density at radius 3 is 2.47 bits per heavy atom. The minimum absolute atomic E-state index is 0.241. The Morgan fingerprint density at radius 1 is 1.09 bits per heavy atom. The molecule has 0 bridgehead atoms. The highest BCUT2D eigenvalue weighted by Crippen LogP contribution is 2.43. The molecule has 0 aliphatic heterocycles. The molecule has 1 aliphatic carbocycles. The van der Waals surface area contributed by atoms with Gasteiger partial charge in [-0.1, -0.05) is 60.1 Å². The van der Waals surface area contributed by atoms with E-state index < -0.39 is 0 Å². The molecule has 0 saturated carbocycles. The van der Waals surface area contributed by atoms with Crippen LogP contribution in [0.2, 0.25) is 10.0 Å². The third kappa shape index (κ3) is 4.81. The molecule has 174 valence electrons. The molecule has 4 rings (SSSR count). The fourth-order valence-corrected chi connectivity index (χ4v) is 4.68. The number of methoxy groups -OCH3 is 2. The van der Waals surface area contributed by atoms with Gasteiger partial charge < -0.3 is 14.8 Å². The summed E-state index contributed by atoms with van der Waals surface area (Å²) in [7, 11) is 3.13. The molecule has 34 heavy (non-hydrogen) atoms. The molecule has 1 heterocycles. The lowest BCUT2D eigenvalue weighted by Crippen LogP contribution is -2.10. The van der Waals surface area contributed by atoms with Gasteiger partial charge in [0.25, 0.3) is 0 Å². The Hall–Kier alpha value is -3.28. The average molecular weight is 495 g/mol. The summed E-state index contributed by atoms with van der Waals surface area (Å²) < 4.78 is 10.8. The van der Waals surface area contributed by atoms with Crippen molar-refractivity contribution in [1.29, 1.82) is 0 Å². The maximum absolute atomic E-state index is 11.8. The van der Waals surface area contributed by atoms with E-state index in [2.05, 4.69) is 24.0 Å². The summed E-state index contributed by atoms with van der Waals surface area (Å²) in [5, 5.41) is 3.81. The number of amides is 1. The van der Waals surface area contributed by atoms with Crippen LogP contribution in [-0.4, -0.2) is 25.1 Å². The van der Waals surface area contributed by atoms with Crippen LogP contribution in [0.1, 0.15) is 28.1 Å². The van der Waals surface area contributed by atoms with Gasteiger partial charge in [-0.05, 0) is 34.9 Å². The van der Waals surface area contributed by atoms with Crippen molar-refractivity contribution in [3.05, 3.63) is 99.3 Å². The van der Waals surface area contributed by atoms with Crippen molar-refractivity contribution < 1.29 is 14.3 Å². The molecular formula is C27H24Cl2N2O3. The number of fused-ring (bicyclic) bond motifs is 1. The molecule has 2 aromatic carbocycles. The smallest absolute Gasteiger partial charge is 0.247 e. The van der Waals surface area contributed by atoms with E-state index in [9.17, 15) is 4.79 Å². The quantitative estimate of drug-likeness (QED) is 0.373. The Balaban J connectivity index is 1.58. The predicted octanol–water partition coefficient (Wildman–Crippen LogP) is 6.30. The van der Waals surface area contributed by atoms with Crippen molar-refractivity contribution in [1.82, 2.24) is 4.98 Å². The van der Waals surface area contributed by atoms with Crippen molar-refractivity contribution in [2.45, 2.75) is 19.3 Å². The highest BCUT2D eigenvalue weighted by Gasteiger charge is 2.22. The molecule has 0 fully saturated rings. The van der Waals surface area contributed by atoms with E-state index in [0.717, 1.165) is 45.8 Å². The lowest BCUT2D eigenvalue weighted by molar-refractivity contribution is -0.111. The van der Waals surface area contributed by atoms with Crippen molar-refractivity contribution in [2.24, 2.45) is 0 Å². The first-order chi connectivity index (χ1) is 16.4. The molecular weight excluding hydrogens is 471 g/mol. The molecule has 0 saturated heterocycles. The molecule has 0 spiro atoms. The van der Waals surface area contributed by atoms with Gasteiger partial charge in [0.05, 0.1) is 30.0 Å². The normalized spacial score (nSPS) is 12.1. The Bertz CT molecular complexity index is 1270. The second-order valence-electron chi connectivity index (χ2n) is 7.82. The Labute approximate surface area is 209 Å². The number of rotatable bonds is 8. The van der Waals surface area contributed by atoms with Crippen LogP contribution < -0.4 is 14.8 Å². The number of ether oxygens (including phenoxy) is 2. The minimum Gasteiger partial charge on any atom is -0.495 e. The third-order valence-corrected chi connectivity index (χ3v) is 6.61. The van der Waals surface area contributed by atoms with Crippen LogP contribution in [0.15, 0.2) is 61.2 Å². The van der Waals surface area contributed by atoms with Crippen LogP contribution in [0.3, 0.4) is 0 Å². The lowest BCUT2D eigenvalue weighted by Gasteiger charge is -2.15. The molecule has 0 radical (unpaired) electrons. The highest BCUT2D eigenvalue weighted by atomic mass is 35.5. The molecule has 7 heteroatoms. The first-order valence-corrected chi connectivity index (χ1v) is 11.5. The molecule has 1 aliphatic rings. The van der Waals surface area contributed by atoms with Crippen LogP contribution in [0.25, 0.3) is 5.57 Å². The number of para-hydroxylation sites is 1. The Morgan fingerprint density at radius 2 is 1.79 bits per heavy atom. The first-order valence-electron chi connectivity index (χ1n) is 10.7. The monoisotopic (exact) mass is 494 g/mol. The van der Waals surface area contributed by atoms with E-state index in [4.69, 9.17) is 37.7 Å². The minimum atomic E-state index is -0.241. The Kier molecular flexibility index (Phi) is 7.25. The number of benzene rings is 2. The standard InChI is InChI=1S/C27H24Cl2N2O3/c1-4-25(32)31-21-8-6-5-7-17(21)13-18-10-11-19-16(9-12-22(19)30-18)14-20-26(28)23(33-2)15-24(34-3)27(20)29/h4-11,15H,1,12-14H2,2-3H3,(H,31,32). The molecule has 0 atom stereocenters. The number of carbonyl (C=O) groups is 1. The number of halogens is 2. The number of nitrogens with one attached hydrogen (secondary N) is 1. The SMILES string of the molecule is C=CC(=O)Nc1ccccc1Cc1ccc2c(n1)CC=C2Cc1c(Cl)c(OC)cc(OC)c1Cl. The van der Waals surface area contributed by atoms with Crippen LogP contribution in [0, 0.1) is 0 Å². The molecule has 3 aromatic rings. The van der Waals surface area contributed by atoms with Gasteiger partial charge in [0, 0.05) is 42.3 Å². The molecule has 0 unspecified atom stereocenters. The number of hydrogen-bond acceptors (Lipinski definition) is 4. The van der Waals surface area contributed by atoms with E-state index >= 15 is 0 Å². The average Bonchev–Trinajstić information content (AvgIpc) is 3.25. The summed E-state index contributed by atoms with van der Waals surface area (Å²) in [6.45, 7) is 3.52. The van der Waals surface area contributed by atoms with E-state index in [1.54, 1.807) is 20.3 Å². The molecule has 1 N–H and O–H groups in total. The second kappa shape index (κ2) is 10.3. The van der Waals surface area contributed by atoms with Gasteiger partial charge in [-0.2, -0.15) is 0 Å². The van der Waals surface area contributed by atoms with Gasteiger partial charge in [-0.25, -0.2) is 0 Å². The first kappa shape index (κ1) is 23.9. The second-order valence-corrected chi connectivity index (χ2v) is 8.58. The number of hydrogen-bond donors (Lipinski definition) is 1. The fourth-order valence-electron chi connectivity index (χ4n) is 4.05. The van der Waals surface area contributed by atoms with Gasteiger partial charge in [0.15, 0.2) is 0 Å². The summed E-state index contributed by atoms with van der Waals surface area (Å²) in [4.78, 5) is 16.7. The van der Waals surface area contributed by atoms with Crippen molar-refractivity contribution >= 4 is 40.4 Å². The zero-order valence-corrected chi connectivity index (χ0v) is 20.5. The third-order valence-electron chi connectivity index (χ3n) is 5.78. The van der Waals surface area contributed by atoms with Crippen molar-refractivity contribution in [3.63, 3.8) is 0 Å². The van der Waals surface area contributed by atoms with Gasteiger partial charge >= 0.3 is 0 Å². The number of pyridine rings is 1. The van der Waals surface area contributed by atoms with Crippen LogP contribution in [0.4, 0.5) is 5.69 Å². The van der Waals surface area contributed by atoms with Gasteiger partial charge in [0.2, 0.25) is 5.91 Å². The highest BCUT2D eigenvalue weighted by molar-refractivity contribution is 6.38. The number of nitrogens with zero attached hydrogens (tertiary/aromatic N) is 1. The number of carbonyl (C=O) groups excluding carboxylic acids is 1. The predicted molar refractivity (Wildman–Crippen MR) is 137 cm³/mol. The zero-order valence-electron chi connectivity index (χ0n) is 19.0. The van der Waals surface area contributed by atoms with Gasteiger partial charge in [-0.3, -0.25) is 9.78 Å². The topological polar surface area (TPSA) is 60.5 Å². The number of allylic oxidation sites excluding steroid dienone is 2. The summed E-state index contributed by atoms with van der Waals surface area (Å²) in [6, 6.07) is 13.5. The summed E-state index contributed by atoms with van der Waals surface area (Å²) in [5.74, 6) is 0.801. The van der Waals surface area contributed by atoms with E-state index in [0.29, 0.717) is 34.4 Å². The number of anilines is 1. The van der Waals surface area contributed by atoms with Gasteiger partial charge in [-0.15, -0.1) is 0 Å². The summed E-state index contributed by atoms with van der Waals surface area (Å²) in [6.07, 6.45) is 5.27. The van der Waals surface area contributed by atoms with Crippen LogP contribution in [0.5, 0.6) is 11.5 Å². The largest absolute Gasteiger partial charge is 0.495 e. The van der Waals surface area contributed by atoms with Gasteiger partial charge in [0.1, 0.15) is 11.5 Å². The summed E-state index contributed by atoms with van der Waals surface area (Å²) in [5.41, 5.74) is 6.60. The van der Waals surface area contributed by atoms with E-state index in [1.165, 1.54) is 6.08 Å². The number of aromatic nitrogens is 1. The van der Waals surface area contributed by atoms with Crippen LogP contribution >= 0.6 is 23.2 Å². The lowest BCUT2D eigenvalue weighted by atomic mass is 9.99. The fraction of sp³-hybridized carbons (Fsp3) is 0.185. The van der Waals surface area contributed by atoms with Crippen LogP contribution in [-0.2, 0) is 24.1 Å². The van der Waals surface area contributed by atoms with Crippen molar-refractivity contribution in [2.75, 3.05) is 19.5 Å². The zero-order chi connectivity index (χ0) is 24.2. The maximum atomic E-state index is 11.8. The van der Waals surface area contributed by atoms with E-state index in [1.807, 2.05) is 30.3 Å².